The Bertz CT molecular complexity index is 743. The normalized spacial score (nSPS) is 9.95. The molecule has 2 rings (SSSR count). The highest BCUT2D eigenvalue weighted by molar-refractivity contribution is 6.31. The predicted octanol–water partition coefficient (Wildman–Crippen LogP) is 3.84. The lowest BCUT2D eigenvalue weighted by atomic mass is 10.2. The van der Waals surface area contributed by atoms with Crippen LogP contribution in [0.1, 0.15) is 11.1 Å². The Morgan fingerprint density at radius 1 is 1.33 bits per heavy atom. The summed E-state index contributed by atoms with van der Waals surface area (Å²) in [4.78, 5) is 10.1. The number of non-ortho nitro benzene ring substituents is 1. The maximum Gasteiger partial charge on any atom is 0.269 e. The minimum atomic E-state index is -0.685. The fourth-order valence-electron chi connectivity index (χ4n) is 1.63. The molecule has 0 aliphatic heterocycles. The molecule has 0 bridgehead atoms. The van der Waals surface area contributed by atoms with Crippen molar-refractivity contribution in [2.45, 2.75) is 6.61 Å². The van der Waals surface area contributed by atoms with Gasteiger partial charge in [-0.2, -0.15) is 5.26 Å². The van der Waals surface area contributed by atoms with Gasteiger partial charge < -0.3 is 4.74 Å². The SMILES string of the molecule is N#Cc1ccc(OCc2cc([N+](=O)[O-])ccc2Cl)c(F)c1. The van der Waals surface area contributed by atoms with Crippen LogP contribution in [0.5, 0.6) is 5.75 Å². The van der Waals surface area contributed by atoms with Gasteiger partial charge in [0.2, 0.25) is 0 Å². The van der Waals surface area contributed by atoms with Crippen molar-refractivity contribution in [2.75, 3.05) is 0 Å². The summed E-state index contributed by atoms with van der Waals surface area (Å²) in [5.41, 5.74) is 0.418. The second kappa shape index (κ2) is 6.20. The summed E-state index contributed by atoms with van der Waals surface area (Å²) in [7, 11) is 0. The monoisotopic (exact) mass is 306 g/mol. The van der Waals surface area contributed by atoms with Crippen LogP contribution in [-0.2, 0) is 6.61 Å². The first-order chi connectivity index (χ1) is 10.0. The van der Waals surface area contributed by atoms with Crippen LogP contribution in [0.25, 0.3) is 0 Å². The molecule has 0 fully saturated rings. The zero-order chi connectivity index (χ0) is 15.4. The summed E-state index contributed by atoms with van der Waals surface area (Å²) >= 11 is 5.92. The lowest BCUT2D eigenvalue weighted by molar-refractivity contribution is -0.384. The number of nitro benzene ring substituents is 1. The molecule has 7 heteroatoms. The lowest BCUT2D eigenvalue weighted by Gasteiger charge is -2.08. The zero-order valence-corrected chi connectivity index (χ0v) is 11.3. The molecule has 0 saturated heterocycles. The molecule has 0 radical (unpaired) electrons. The lowest BCUT2D eigenvalue weighted by Crippen LogP contribution is -2.00. The Kier molecular flexibility index (Phi) is 4.36. The minimum Gasteiger partial charge on any atom is -0.486 e. The summed E-state index contributed by atoms with van der Waals surface area (Å²) < 4.78 is 18.9. The Hall–Kier alpha value is -2.65. The van der Waals surface area contributed by atoms with Crippen molar-refractivity contribution in [3.63, 3.8) is 0 Å². The van der Waals surface area contributed by atoms with Gasteiger partial charge in [-0.3, -0.25) is 10.1 Å². The first-order valence-corrected chi connectivity index (χ1v) is 6.14. The van der Waals surface area contributed by atoms with Gasteiger partial charge in [0.15, 0.2) is 11.6 Å². The van der Waals surface area contributed by atoms with Crippen molar-refractivity contribution in [2.24, 2.45) is 0 Å². The number of halogens is 2. The van der Waals surface area contributed by atoms with Gasteiger partial charge in [0.1, 0.15) is 6.61 Å². The third-order valence-corrected chi connectivity index (χ3v) is 3.05. The molecule has 5 nitrogen and oxygen atoms in total. The van der Waals surface area contributed by atoms with Crippen molar-refractivity contribution in [1.29, 1.82) is 5.26 Å². The van der Waals surface area contributed by atoms with Gasteiger partial charge in [-0.25, -0.2) is 4.39 Å². The fraction of sp³-hybridized carbons (Fsp3) is 0.0714. The van der Waals surface area contributed by atoms with E-state index in [-0.39, 0.29) is 28.6 Å². The van der Waals surface area contributed by atoms with E-state index in [1.165, 1.54) is 30.3 Å². The first-order valence-electron chi connectivity index (χ1n) is 5.76. The number of hydrogen-bond acceptors (Lipinski definition) is 4. The Morgan fingerprint density at radius 2 is 2.10 bits per heavy atom. The molecule has 2 aromatic rings. The van der Waals surface area contributed by atoms with Crippen LogP contribution in [0, 0.1) is 27.3 Å². The standard InChI is InChI=1S/C14H8ClFN2O3/c15-12-3-2-11(18(19)20)6-10(12)8-21-14-4-1-9(7-17)5-13(14)16/h1-6H,8H2. The molecular formula is C14H8ClFN2O3. The van der Waals surface area contributed by atoms with Crippen molar-refractivity contribution < 1.29 is 14.1 Å². The van der Waals surface area contributed by atoms with Gasteiger partial charge >= 0.3 is 0 Å². The molecule has 2 aromatic carbocycles. The highest BCUT2D eigenvalue weighted by Crippen LogP contribution is 2.25. The number of nitrogens with zero attached hydrogens (tertiary/aromatic N) is 2. The smallest absolute Gasteiger partial charge is 0.269 e. The molecule has 21 heavy (non-hydrogen) atoms. The molecule has 0 aliphatic carbocycles. The predicted molar refractivity (Wildman–Crippen MR) is 73.6 cm³/mol. The molecule has 0 saturated carbocycles. The maximum atomic E-state index is 13.6. The van der Waals surface area contributed by atoms with Gasteiger partial charge in [0.05, 0.1) is 16.6 Å². The number of rotatable bonds is 4. The van der Waals surface area contributed by atoms with Crippen LogP contribution in [-0.4, -0.2) is 4.92 Å². The average molecular weight is 307 g/mol. The van der Waals surface area contributed by atoms with E-state index in [4.69, 9.17) is 21.6 Å². The van der Waals surface area contributed by atoms with Gasteiger partial charge in [-0.05, 0) is 24.3 Å². The molecule has 0 amide bonds. The van der Waals surface area contributed by atoms with E-state index in [0.29, 0.717) is 5.56 Å². The van der Waals surface area contributed by atoms with Crippen molar-refractivity contribution in [3.05, 3.63) is 68.5 Å². The highest BCUT2D eigenvalue weighted by atomic mass is 35.5. The second-order valence-electron chi connectivity index (χ2n) is 4.08. The third kappa shape index (κ3) is 3.46. The van der Waals surface area contributed by atoms with Crippen molar-refractivity contribution in [3.8, 4) is 11.8 Å². The average Bonchev–Trinajstić information content (AvgIpc) is 2.47. The van der Waals surface area contributed by atoms with E-state index in [9.17, 15) is 14.5 Å². The molecule has 0 N–H and O–H groups in total. The highest BCUT2D eigenvalue weighted by Gasteiger charge is 2.11. The van der Waals surface area contributed by atoms with Crippen LogP contribution in [0.15, 0.2) is 36.4 Å². The molecule has 0 atom stereocenters. The third-order valence-electron chi connectivity index (χ3n) is 2.68. The summed E-state index contributed by atoms with van der Waals surface area (Å²) in [6.07, 6.45) is 0. The van der Waals surface area contributed by atoms with Gasteiger partial charge in [0.25, 0.3) is 5.69 Å². The molecular weight excluding hydrogens is 299 g/mol. The van der Waals surface area contributed by atoms with Crippen LogP contribution in [0.4, 0.5) is 10.1 Å². The van der Waals surface area contributed by atoms with Crippen LogP contribution in [0.3, 0.4) is 0 Å². The summed E-state index contributed by atoms with van der Waals surface area (Å²) in [6, 6.07) is 9.50. The Labute approximate surface area is 124 Å². The van der Waals surface area contributed by atoms with Crippen LogP contribution in [0.2, 0.25) is 5.02 Å². The van der Waals surface area contributed by atoms with E-state index in [0.717, 1.165) is 6.07 Å². The topological polar surface area (TPSA) is 76.2 Å². The van der Waals surface area contributed by atoms with E-state index in [2.05, 4.69) is 0 Å². The summed E-state index contributed by atoms with van der Waals surface area (Å²) in [5, 5.41) is 19.6. The van der Waals surface area contributed by atoms with E-state index in [1.807, 2.05) is 0 Å². The molecule has 0 spiro atoms. The van der Waals surface area contributed by atoms with Crippen molar-refractivity contribution >= 4 is 17.3 Å². The van der Waals surface area contributed by atoms with Gasteiger partial charge in [-0.1, -0.05) is 11.6 Å². The van der Waals surface area contributed by atoms with Crippen LogP contribution >= 0.6 is 11.6 Å². The summed E-state index contributed by atoms with van der Waals surface area (Å²) in [5.74, 6) is -0.743. The zero-order valence-electron chi connectivity index (χ0n) is 10.5. The van der Waals surface area contributed by atoms with E-state index < -0.39 is 10.7 Å². The first kappa shape index (κ1) is 14.8. The molecule has 0 aliphatic rings. The van der Waals surface area contributed by atoms with E-state index in [1.54, 1.807) is 6.07 Å². The number of ether oxygens (including phenoxy) is 1. The van der Waals surface area contributed by atoms with Crippen molar-refractivity contribution in [1.82, 2.24) is 0 Å². The minimum absolute atomic E-state index is 0.0587. The fourth-order valence-corrected chi connectivity index (χ4v) is 1.80. The molecule has 0 heterocycles. The number of nitriles is 1. The second-order valence-corrected chi connectivity index (χ2v) is 4.49. The van der Waals surface area contributed by atoms with E-state index >= 15 is 0 Å². The summed E-state index contributed by atoms with van der Waals surface area (Å²) in [6.45, 7) is -0.122. The van der Waals surface area contributed by atoms with Crippen LogP contribution < -0.4 is 4.74 Å². The Balaban J connectivity index is 2.18. The number of benzene rings is 2. The number of nitro groups is 1. The maximum absolute atomic E-state index is 13.6. The largest absolute Gasteiger partial charge is 0.486 e. The molecule has 0 unspecified atom stereocenters. The van der Waals surface area contributed by atoms with Gasteiger partial charge in [0, 0.05) is 22.7 Å². The quantitative estimate of drug-likeness (QED) is 0.635. The van der Waals surface area contributed by atoms with Gasteiger partial charge in [-0.15, -0.1) is 0 Å². The molecule has 106 valence electrons. The number of hydrogen-bond donors (Lipinski definition) is 0. The molecule has 0 aromatic heterocycles. The Morgan fingerprint density at radius 3 is 2.71 bits per heavy atom.